The average molecular weight is 468 g/mol. The Morgan fingerprint density at radius 2 is 2.00 bits per heavy atom. The topological polar surface area (TPSA) is 66.0 Å². The highest BCUT2D eigenvalue weighted by Crippen LogP contribution is 2.21. The van der Waals surface area contributed by atoms with Crippen molar-refractivity contribution in [3.63, 3.8) is 0 Å². The Morgan fingerprint density at radius 3 is 2.60 bits per heavy atom. The number of hydrogen-bond acceptors (Lipinski definition) is 3. The van der Waals surface area contributed by atoms with Gasteiger partial charge in [-0.15, -0.1) is 24.0 Å². The quantitative estimate of drug-likeness (QED) is 0.355. The van der Waals surface area contributed by atoms with Gasteiger partial charge >= 0.3 is 6.09 Å². The molecule has 0 spiro atoms. The molecule has 0 aromatic heterocycles. The number of ether oxygens (including phenoxy) is 1. The summed E-state index contributed by atoms with van der Waals surface area (Å²) in [7, 11) is 0. The lowest BCUT2D eigenvalue weighted by Crippen LogP contribution is -2.44. The van der Waals surface area contributed by atoms with Crippen molar-refractivity contribution in [3.05, 3.63) is 0 Å². The fourth-order valence-corrected chi connectivity index (χ4v) is 2.75. The Morgan fingerprint density at radius 1 is 1.28 bits per heavy atom. The molecule has 1 unspecified atom stereocenters. The van der Waals surface area contributed by atoms with E-state index in [0.29, 0.717) is 5.92 Å². The molecule has 7 heteroatoms. The van der Waals surface area contributed by atoms with E-state index in [1.165, 1.54) is 6.42 Å². The highest BCUT2D eigenvalue weighted by molar-refractivity contribution is 14.0. The molecule has 6 nitrogen and oxygen atoms in total. The first-order chi connectivity index (χ1) is 11.4. The van der Waals surface area contributed by atoms with Gasteiger partial charge in [0.1, 0.15) is 5.60 Å². The molecule has 0 aromatic carbocycles. The first kappa shape index (κ1) is 24.3. The largest absolute Gasteiger partial charge is 0.444 e. The molecule has 0 saturated carbocycles. The second kappa shape index (κ2) is 12.6. The van der Waals surface area contributed by atoms with Crippen LogP contribution in [0.5, 0.6) is 0 Å². The zero-order valence-corrected chi connectivity index (χ0v) is 18.9. The van der Waals surface area contributed by atoms with Crippen molar-refractivity contribution >= 4 is 36.0 Å². The van der Waals surface area contributed by atoms with Gasteiger partial charge in [0, 0.05) is 32.7 Å². The summed E-state index contributed by atoms with van der Waals surface area (Å²) in [5.74, 6) is 1.41. The maximum atomic E-state index is 12.2. The SMILES string of the molecule is CCCN=C(NCC)NCCC1CCCN(C(=O)OC(C)(C)C)C1.I. The summed E-state index contributed by atoms with van der Waals surface area (Å²) in [6.45, 7) is 14.1. The maximum Gasteiger partial charge on any atom is 0.410 e. The van der Waals surface area contributed by atoms with Crippen molar-refractivity contribution in [2.24, 2.45) is 10.9 Å². The Hall–Kier alpha value is -0.730. The summed E-state index contributed by atoms with van der Waals surface area (Å²) in [5, 5.41) is 6.65. The molecule has 0 radical (unpaired) electrons. The zero-order chi connectivity index (χ0) is 18.0. The predicted octanol–water partition coefficient (Wildman–Crippen LogP) is 3.61. The van der Waals surface area contributed by atoms with E-state index in [-0.39, 0.29) is 30.1 Å². The number of piperidine rings is 1. The zero-order valence-electron chi connectivity index (χ0n) is 16.6. The van der Waals surface area contributed by atoms with E-state index in [1.807, 2.05) is 25.7 Å². The molecule has 0 aliphatic carbocycles. The molecule has 1 saturated heterocycles. The van der Waals surface area contributed by atoms with Crippen LogP contribution in [0.1, 0.15) is 60.3 Å². The second-order valence-corrected chi connectivity index (χ2v) is 7.41. The fraction of sp³-hybridized carbons (Fsp3) is 0.889. The van der Waals surface area contributed by atoms with Crippen molar-refractivity contribution in [2.75, 3.05) is 32.7 Å². The van der Waals surface area contributed by atoms with Gasteiger partial charge in [0.05, 0.1) is 0 Å². The monoisotopic (exact) mass is 468 g/mol. The van der Waals surface area contributed by atoms with Gasteiger partial charge in [-0.1, -0.05) is 6.92 Å². The molecule has 1 atom stereocenters. The number of hydrogen-bond donors (Lipinski definition) is 2. The van der Waals surface area contributed by atoms with Gasteiger partial charge in [-0.3, -0.25) is 4.99 Å². The number of carbonyl (C=O) groups is 1. The molecule has 0 bridgehead atoms. The van der Waals surface area contributed by atoms with Crippen LogP contribution in [0.2, 0.25) is 0 Å². The number of nitrogens with one attached hydrogen (secondary N) is 2. The van der Waals surface area contributed by atoms with Gasteiger partial charge in [0.2, 0.25) is 0 Å². The summed E-state index contributed by atoms with van der Waals surface area (Å²) < 4.78 is 5.49. The average Bonchev–Trinajstić information content (AvgIpc) is 2.51. The molecule has 1 amide bonds. The predicted molar refractivity (Wildman–Crippen MR) is 115 cm³/mol. The van der Waals surface area contributed by atoms with Crippen LogP contribution in [0.3, 0.4) is 0 Å². The van der Waals surface area contributed by atoms with E-state index in [1.54, 1.807) is 0 Å². The van der Waals surface area contributed by atoms with Crippen molar-refractivity contribution < 1.29 is 9.53 Å². The lowest BCUT2D eigenvalue weighted by molar-refractivity contribution is 0.0162. The number of guanidine groups is 1. The van der Waals surface area contributed by atoms with Crippen LogP contribution in [0.4, 0.5) is 4.79 Å². The van der Waals surface area contributed by atoms with Gasteiger partial charge in [-0.05, 0) is 59.3 Å². The third kappa shape index (κ3) is 10.8. The number of amides is 1. The van der Waals surface area contributed by atoms with Crippen LogP contribution in [0.25, 0.3) is 0 Å². The fourth-order valence-electron chi connectivity index (χ4n) is 2.75. The normalized spacial score (nSPS) is 18.4. The van der Waals surface area contributed by atoms with Crippen LogP contribution >= 0.6 is 24.0 Å². The summed E-state index contributed by atoms with van der Waals surface area (Å²) in [6, 6.07) is 0. The molecular weight excluding hydrogens is 431 g/mol. The van der Waals surface area contributed by atoms with Crippen LogP contribution < -0.4 is 10.6 Å². The number of aliphatic imine (C=N–C) groups is 1. The van der Waals surface area contributed by atoms with E-state index in [4.69, 9.17) is 4.74 Å². The van der Waals surface area contributed by atoms with E-state index >= 15 is 0 Å². The van der Waals surface area contributed by atoms with Crippen molar-refractivity contribution in [1.29, 1.82) is 0 Å². The first-order valence-corrected chi connectivity index (χ1v) is 9.35. The van der Waals surface area contributed by atoms with Crippen molar-refractivity contribution in [1.82, 2.24) is 15.5 Å². The number of likely N-dealkylation sites (tertiary alicyclic amines) is 1. The van der Waals surface area contributed by atoms with Crippen molar-refractivity contribution in [2.45, 2.75) is 65.9 Å². The Bertz CT molecular complexity index is 410. The summed E-state index contributed by atoms with van der Waals surface area (Å²) in [5.41, 5.74) is -0.429. The Balaban J connectivity index is 0.00000576. The van der Waals surface area contributed by atoms with Crippen molar-refractivity contribution in [3.8, 4) is 0 Å². The molecule has 1 fully saturated rings. The van der Waals surface area contributed by atoms with Crippen LogP contribution in [0, 0.1) is 5.92 Å². The van der Waals surface area contributed by atoms with Crippen LogP contribution in [-0.4, -0.2) is 55.3 Å². The number of nitrogens with zero attached hydrogens (tertiary/aromatic N) is 2. The molecule has 1 aliphatic rings. The first-order valence-electron chi connectivity index (χ1n) is 9.35. The number of rotatable bonds is 6. The number of halogens is 1. The molecular formula is C18H37IN4O2. The highest BCUT2D eigenvalue weighted by Gasteiger charge is 2.27. The summed E-state index contributed by atoms with van der Waals surface area (Å²) >= 11 is 0. The lowest BCUT2D eigenvalue weighted by Gasteiger charge is -2.34. The second-order valence-electron chi connectivity index (χ2n) is 7.41. The third-order valence-corrected chi connectivity index (χ3v) is 3.85. The molecule has 1 rings (SSSR count). The van der Waals surface area contributed by atoms with Gasteiger partial charge in [-0.2, -0.15) is 0 Å². The maximum absolute atomic E-state index is 12.2. The third-order valence-electron chi connectivity index (χ3n) is 3.85. The van der Waals surface area contributed by atoms with Gasteiger partial charge in [-0.25, -0.2) is 4.79 Å². The van der Waals surface area contributed by atoms with E-state index in [2.05, 4.69) is 29.5 Å². The summed E-state index contributed by atoms with van der Waals surface area (Å²) in [6.07, 6.45) is 4.12. The van der Waals surface area contributed by atoms with Gasteiger partial charge < -0.3 is 20.3 Å². The lowest BCUT2D eigenvalue weighted by atomic mass is 9.95. The molecule has 1 heterocycles. The Labute approximate surface area is 170 Å². The molecule has 1 aliphatic heterocycles. The van der Waals surface area contributed by atoms with Crippen LogP contribution in [0.15, 0.2) is 4.99 Å². The number of carbonyl (C=O) groups excluding carboxylic acids is 1. The molecule has 0 aromatic rings. The molecule has 148 valence electrons. The molecule has 25 heavy (non-hydrogen) atoms. The molecule has 2 N–H and O–H groups in total. The van der Waals surface area contributed by atoms with Gasteiger partial charge in [0.25, 0.3) is 0 Å². The van der Waals surface area contributed by atoms with E-state index in [0.717, 1.165) is 57.9 Å². The standard InChI is InChI=1S/C18H36N4O2.HI/c1-6-11-20-16(19-7-2)21-12-10-15-9-8-13-22(14-15)17(23)24-18(3,4)5;/h15H,6-14H2,1-5H3,(H2,19,20,21);1H. The minimum Gasteiger partial charge on any atom is -0.444 e. The van der Waals surface area contributed by atoms with Crippen LogP contribution in [-0.2, 0) is 4.74 Å². The smallest absolute Gasteiger partial charge is 0.410 e. The minimum absolute atomic E-state index is 0. The van der Waals surface area contributed by atoms with E-state index < -0.39 is 5.60 Å². The van der Waals surface area contributed by atoms with Gasteiger partial charge in [0.15, 0.2) is 5.96 Å². The van der Waals surface area contributed by atoms with E-state index in [9.17, 15) is 4.79 Å². The summed E-state index contributed by atoms with van der Waals surface area (Å²) in [4.78, 5) is 18.6. The minimum atomic E-state index is -0.429. The Kier molecular flexibility index (Phi) is 12.2. The highest BCUT2D eigenvalue weighted by atomic mass is 127.